The van der Waals surface area contributed by atoms with Gasteiger partial charge in [0.05, 0.1) is 0 Å². The van der Waals surface area contributed by atoms with E-state index in [0.717, 1.165) is 4.47 Å². The molecule has 0 heterocycles. The van der Waals surface area contributed by atoms with E-state index in [2.05, 4.69) is 94.0 Å². The monoisotopic (exact) mass is 441 g/mol. The predicted molar refractivity (Wildman–Crippen MR) is 126 cm³/mol. The van der Waals surface area contributed by atoms with Gasteiger partial charge in [-0.2, -0.15) is 0 Å². The SMILES string of the molecule is Brc1ccc([C@@H]2C[C@H]2NC2CCCc3ccc4c(ccc5ccccc54)c32)cc1. The Morgan fingerprint density at radius 2 is 1.62 bits per heavy atom. The molecule has 1 unspecified atom stereocenters. The zero-order chi connectivity index (χ0) is 19.4. The Labute approximate surface area is 180 Å². The van der Waals surface area contributed by atoms with Crippen molar-refractivity contribution in [3.05, 3.63) is 94.0 Å². The number of aryl methyl sites for hydroxylation is 1. The Hall–Kier alpha value is -2.16. The Balaban J connectivity index is 1.36. The number of halogens is 1. The van der Waals surface area contributed by atoms with E-state index in [1.807, 2.05) is 0 Å². The number of hydrogen-bond acceptors (Lipinski definition) is 1. The van der Waals surface area contributed by atoms with Crippen molar-refractivity contribution >= 4 is 37.5 Å². The normalized spacial score (nSPS) is 23.3. The molecule has 1 fully saturated rings. The highest BCUT2D eigenvalue weighted by Gasteiger charge is 2.40. The lowest BCUT2D eigenvalue weighted by Crippen LogP contribution is -2.28. The number of rotatable bonds is 3. The standard InChI is InChI=1S/C27H24BrN/c28-20-12-8-18(9-13-20)24-16-26(24)29-25-7-3-5-19-11-14-22-21-6-2-1-4-17(21)10-15-23(22)27(19)25/h1-2,4,6,8-15,24-26,29H,3,5,7,16H2/t24-,25?,26+/m0/s1. The first-order valence-electron chi connectivity index (χ1n) is 10.7. The maximum absolute atomic E-state index is 4.04. The first-order chi connectivity index (χ1) is 14.3. The minimum absolute atomic E-state index is 0.467. The summed E-state index contributed by atoms with van der Waals surface area (Å²) in [6.45, 7) is 0. The average Bonchev–Trinajstić information content (AvgIpc) is 3.53. The molecule has 2 heteroatoms. The van der Waals surface area contributed by atoms with Crippen molar-refractivity contribution in [2.45, 2.75) is 43.7 Å². The van der Waals surface area contributed by atoms with E-state index in [0.29, 0.717) is 18.0 Å². The van der Waals surface area contributed by atoms with E-state index < -0.39 is 0 Å². The molecule has 0 spiro atoms. The third kappa shape index (κ3) is 3.10. The summed E-state index contributed by atoms with van der Waals surface area (Å²) < 4.78 is 1.16. The lowest BCUT2D eigenvalue weighted by Gasteiger charge is -2.29. The second-order valence-electron chi connectivity index (χ2n) is 8.63. The highest BCUT2D eigenvalue weighted by atomic mass is 79.9. The van der Waals surface area contributed by atoms with Gasteiger partial charge in [-0.3, -0.25) is 0 Å². The fourth-order valence-corrected chi connectivity index (χ4v) is 5.57. The quantitative estimate of drug-likeness (QED) is 0.329. The van der Waals surface area contributed by atoms with Gasteiger partial charge in [0.2, 0.25) is 0 Å². The first-order valence-corrected chi connectivity index (χ1v) is 11.5. The van der Waals surface area contributed by atoms with E-state index in [1.54, 1.807) is 5.56 Å². The predicted octanol–water partition coefficient (Wildman–Crippen LogP) is 7.28. The highest BCUT2D eigenvalue weighted by Crippen LogP contribution is 2.45. The number of nitrogens with one attached hydrogen (secondary N) is 1. The molecule has 0 aromatic heterocycles. The molecule has 0 aliphatic heterocycles. The van der Waals surface area contributed by atoms with Gasteiger partial charge in [0, 0.05) is 22.5 Å². The minimum Gasteiger partial charge on any atom is -0.307 e. The molecular weight excluding hydrogens is 418 g/mol. The summed E-state index contributed by atoms with van der Waals surface area (Å²) >= 11 is 3.55. The molecule has 1 saturated carbocycles. The Morgan fingerprint density at radius 1 is 0.793 bits per heavy atom. The third-order valence-electron chi connectivity index (χ3n) is 6.85. The van der Waals surface area contributed by atoms with E-state index in [1.165, 1.54) is 58.4 Å². The van der Waals surface area contributed by atoms with Crippen molar-refractivity contribution < 1.29 is 0 Å². The lowest BCUT2D eigenvalue weighted by atomic mass is 9.83. The van der Waals surface area contributed by atoms with E-state index in [4.69, 9.17) is 0 Å². The van der Waals surface area contributed by atoms with E-state index in [-0.39, 0.29) is 0 Å². The van der Waals surface area contributed by atoms with Gasteiger partial charge in [0.15, 0.2) is 0 Å². The van der Waals surface area contributed by atoms with Crippen LogP contribution in [0.25, 0.3) is 21.5 Å². The molecule has 0 bridgehead atoms. The fraction of sp³-hybridized carbons (Fsp3) is 0.259. The zero-order valence-corrected chi connectivity index (χ0v) is 18.0. The van der Waals surface area contributed by atoms with Crippen molar-refractivity contribution in [1.29, 1.82) is 0 Å². The maximum Gasteiger partial charge on any atom is 0.0331 e. The molecule has 0 amide bonds. The zero-order valence-electron chi connectivity index (χ0n) is 16.4. The minimum atomic E-state index is 0.467. The highest BCUT2D eigenvalue weighted by molar-refractivity contribution is 9.10. The molecule has 6 rings (SSSR count). The van der Waals surface area contributed by atoms with Crippen molar-refractivity contribution in [3.8, 4) is 0 Å². The Bertz CT molecular complexity index is 1210. The van der Waals surface area contributed by atoms with Crippen LogP contribution >= 0.6 is 15.9 Å². The molecular formula is C27H24BrN. The lowest BCUT2D eigenvalue weighted by molar-refractivity contribution is 0.457. The van der Waals surface area contributed by atoms with Crippen LogP contribution in [0.4, 0.5) is 0 Å². The molecule has 1 N–H and O–H groups in total. The van der Waals surface area contributed by atoms with Crippen LogP contribution < -0.4 is 5.32 Å². The van der Waals surface area contributed by atoms with Gasteiger partial charge in [-0.15, -0.1) is 0 Å². The summed E-state index contributed by atoms with van der Waals surface area (Å²) in [6, 6.07) is 28.1. The van der Waals surface area contributed by atoms with Crippen LogP contribution in [0.1, 0.15) is 47.9 Å². The molecule has 0 radical (unpaired) electrons. The van der Waals surface area contributed by atoms with E-state index >= 15 is 0 Å². The molecule has 144 valence electrons. The second kappa shape index (κ2) is 6.97. The number of benzene rings is 4. The summed E-state index contributed by atoms with van der Waals surface area (Å²) in [4.78, 5) is 0. The van der Waals surface area contributed by atoms with Gasteiger partial charge in [-0.25, -0.2) is 0 Å². The molecule has 1 nitrogen and oxygen atoms in total. The summed E-state index contributed by atoms with van der Waals surface area (Å²) in [5.74, 6) is 0.657. The van der Waals surface area contributed by atoms with Gasteiger partial charge in [-0.05, 0) is 76.1 Å². The molecule has 4 aromatic carbocycles. The summed E-state index contributed by atoms with van der Waals surface area (Å²) in [5, 5.41) is 9.59. The average molecular weight is 442 g/mol. The number of fused-ring (bicyclic) bond motifs is 5. The van der Waals surface area contributed by atoms with E-state index in [9.17, 15) is 0 Å². The van der Waals surface area contributed by atoms with Crippen LogP contribution in [-0.4, -0.2) is 6.04 Å². The summed E-state index contributed by atoms with van der Waals surface area (Å²) in [5.41, 5.74) is 4.56. The largest absolute Gasteiger partial charge is 0.307 e. The molecule has 4 aromatic rings. The number of hydrogen-bond donors (Lipinski definition) is 1. The van der Waals surface area contributed by atoms with Crippen LogP contribution in [-0.2, 0) is 6.42 Å². The van der Waals surface area contributed by atoms with Crippen LogP contribution in [0.15, 0.2) is 77.3 Å². The molecule has 2 aliphatic rings. The van der Waals surface area contributed by atoms with Crippen LogP contribution in [0, 0.1) is 0 Å². The van der Waals surface area contributed by atoms with Gasteiger partial charge in [-0.1, -0.05) is 76.6 Å². The molecule has 29 heavy (non-hydrogen) atoms. The Kier molecular flexibility index (Phi) is 4.25. The fourth-order valence-electron chi connectivity index (χ4n) is 5.31. The van der Waals surface area contributed by atoms with Gasteiger partial charge >= 0.3 is 0 Å². The first kappa shape index (κ1) is 17.7. The molecule has 2 aliphatic carbocycles. The van der Waals surface area contributed by atoms with Crippen molar-refractivity contribution in [1.82, 2.24) is 5.32 Å². The van der Waals surface area contributed by atoms with Gasteiger partial charge in [0.25, 0.3) is 0 Å². The summed E-state index contributed by atoms with van der Waals surface area (Å²) in [7, 11) is 0. The summed E-state index contributed by atoms with van der Waals surface area (Å²) in [6.07, 6.45) is 4.97. The molecule has 0 saturated heterocycles. The molecule has 3 atom stereocenters. The topological polar surface area (TPSA) is 12.0 Å². The van der Waals surface area contributed by atoms with Crippen LogP contribution in [0.2, 0.25) is 0 Å². The smallest absolute Gasteiger partial charge is 0.0331 e. The Morgan fingerprint density at radius 3 is 2.52 bits per heavy atom. The van der Waals surface area contributed by atoms with Crippen molar-refractivity contribution in [3.63, 3.8) is 0 Å². The third-order valence-corrected chi connectivity index (χ3v) is 7.38. The van der Waals surface area contributed by atoms with Crippen LogP contribution in [0.5, 0.6) is 0 Å². The second-order valence-corrected chi connectivity index (χ2v) is 9.55. The maximum atomic E-state index is 4.04. The van der Waals surface area contributed by atoms with Crippen LogP contribution in [0.3, 0.4) is 0 Å². The van der Waals surface area contributed by atoms with Gasteiger partial charge < -0.3 is 5.32 Å². The van der Waals surface area contributed by atoms with Crippen molar-refractivity contribution in [2.75, 3.05) is 0 Å². The van der Waals surface area contributed by atoms with Crippen molar-refractivity contribution in [2.24, 2.45) is 0 Å². The van der Waals surface area contributed by atoms with Gasteiger partial charge in [0.1, 0.15) is 0 Å².